The number of thiophene rings is 1. The van der Waals surface area contributed by atoms with E-state index >= 15 is 0 Å². The molecule has 3 N–H and O–H groups in total. The van der Waals surface area contributed by atoms with Crippen LogP contribution in [0.4, 0.5) is 8.78 Å². The molecule has 0 fully saturated rings. The van der Waals surface area contributed by atoms with Crippen molar-refractivity contribution in [2.75, 3.05) is 20.1 Å². The quantitative estimate of drug-likeness (QED) is 0.273. The van der Waals surface area contributed by atoms with Crippen LogP contribution in [0, 0.1) is 18.6 Å². The Hall–Kier alpha value is -2.65. The van der Waals surface area contributed by atoms with Gasteiger partial charge in [0, 0.05) is 30.6 Å². The van der Waals surface area contributed by atoms with E-state index in [0.717, 1.165) is 48.0 Å². The number of nitrogens with one attached hydrogen (secondary N) is 2. The zero-order valence-corrected chi connectivity index (χ0v) is 22.6. The lowest BCUT2D eigenvalue weighted by atomic mass is 10.0. The number of carbonyl (C=O) groups excluding carboxylic acids is 1. The molecule has 0 aliphatic carbocycles. The molecular weight excluding hydrogens is 492 g/mol. The van der Waals surface area contributed by atoms with Gasteiger partial charge in [-0.2, -0.15) is 0 Å². The minimum atomic E-state index is -0.973. The van der Waals surface area contributed by atoms with Gasteiger partial charge >= 0.3 is 0 Å². The second kappa shape index (κ2) is 14.3. The van der Waals surface area contributed by atoms with Gasteiger partial charge in [-0.3, -0.25) is 4.79 Å². The second-order valence-corrected chi connectivity index (χ2v) is 10.8. The van der Waals surface area contributed by atoms with Crippen LogP contribution in [0.1, 0.15) is 51.0 Å². The minimum absolute atomic E-state index is 0.0890. The molecule has 0 aliphatic heterocycles. The van der Waals surface area contributed by atoms with Gasteiger partial charge < -0.3 is 20.6 Å². The number of aryl methyl sites for hydroxylation is 1. The first-order valence-electron chi connectivity index (χ1n) is 12.7. The lowest BCUT2D eigenvalue weighted by molar-refractivity contribution is 0.0833. The molecule has 1 amide bonds. The largest absolute Gasteiger partial charge is 0.390 e. The van der Waals surface area contributed by atoms with E-state index < -0.39 is 23.8 Å². The van der Waals surface area contributed by atoms with Crippen LogP contribution in [-0.4, -0.2) is 48.2 Å². The number of hydrogen-bond donors (Lipinski definition) is 3. The predicted octanol–water partition coefficient (Wildman–Crippen LogP) is 5.06. The van der Waals surface area contributed by atoms with E-state index in [9.17, 15) is 18.7 Å². The fraction of sp³-hybridized carbons (Fsp3) is 0.414. The smallest absolute Gasteiger partial charge is 0.261 e. The number of hydrogen-bond acceptors (Lipinski definition) is 5. The molecule has 1 aromatic heterocycles. The molecule has 0 aliphatic rings. The second-order valence-electron chi connectivity index (χ2n) is 9.61. The predicted molar refractivity (Wildman–Crippen MR) is 146 cm³/mol. The van der Waals surface area contributed by atoms with Gasteiger partial charge in [0.2, 0.25) is 0 Å². The summed E-state index contributed by atoms with van der Waals surface area (Å²) < 4.78 is 27.6. The number of benzene rings is 2. The topological polar surface area (TPSA) is 64.6 Å². The Morgan fingerprint density at radius 2 is 1.84 bits per heavy atom. The summed E-state index contributed by atoms with van der Waals surface area (Å²) in [7, 11) is 2.06. The third-order valence-corrected chi connectivity index (χ3v) is 7.20. The van der Waals surface area contributed by atoms with Gasteiger partial charge in [-0.15, -0.1) is 11.3 Å². The van der Waals surface area contributed by atoms with E-state index in [0.29, 0.717) is 17.0 Å². The van der Waals surface area contributed by atoms with Crippen LogP contribution in [0.3, 0.4) is 0 Å². The summed E-state index contributed by atoms with van der Waals surface area (Å²) in [5.41, 5.74) is 2.59. The summed E-state index contributed by atoms with van der Waals surface area (Å²) in [5, 5.41) is 17.1. The monoisotopic (exact) mass is 529 g/mol. The summed E-state index contributed by atoms with van der Waals surface area (Å²) >= 11 is 1.41. The van der Waals surface area contributed by atoms with E-state index in [1.807, 2.05) is 31.2 Å². The standard InChI is InChI=1S/C29H37F2N3O2S/c1-4-5-11-34(3)19-25-9-10-28(37-25)29(36)33-26(15-22-13-23(30)16-24(31)14-22)27(35)18-32-17-21-8-6-7-20(2)12-21/h6-10,12-14,16,26-27,32,35H,4-5,11,15,17-19H2,1-3H3,(H,33,36)/t26-,27+/m0/s1. The molecule has 200 valence electrons. The number of aliphatic hydroxyl groups excluding tert-OH is 1. The molecule has 2 aromatic carbocycles. The lowest BCUT2D eigenvalue weighted by Crippen LogP contribution is -2.48. The maximum Gasteiger partial charge on any atom is 0.261 e. The highest BCUT2D eigenvalue weighted by molar-refractivity contribution is 7.14. The van der Waals surface area contributed by atoms with E-state index in [1.165, 1.54) is 23.5 Å². The SMILES string of the molecule is CCCCN(C)Cc1ccc(C(=O)N[C@@H](Cc2cc(F)cc(F)c2)[C@H](O)CNCc2cccc(C)c2)s1. The van der Waals surface area contributed by atoms with Crippen LogP contribution in [-0.2, 0) is 19.5 Å². The van der Waals surface area contributed by atoms with Gasteiger partial charge in [0.15, 0.2) is 0 Å². The first kappa shape index (κ1) is 28.9. The Balaban J connectivity index is 1.67. The van der Waals surface area contributed by atoms with Crippen LogP contribution in [0.2, 0.25) is 0 Å². The summed E-state index contributed by atoms with van der Waals surface area (Å²) in [6.45, 7) is 6.67. The maximum atomic E-state index is 13.8. The fourth-order valence-electron chi connectivity index (χ4n) is 4.19. The highest BCUT2D eigenvalue weighted by atomic mass is 32.1. The number of halogens is 2. The van der Waals surface area contributed by atoms with Gasteiger partial charge in [0.25, 0.3) is 5.91 Å². The number of unbranched alkanes of at least 4 members (excludes halogenated alkanes) is 1. The van der Waals surface area contributed by atoms with Crippen molar-refractivity contribution in [3.8, 4) is 0 Å². The van der Waals surface area contributed by atoms with Gasteiger partial charge in [-0.05, 0) is 68.8 Å². The number of aliphatic hydroxyl groups is 1. The average molecular weight is 530 g/mol. The molecule has 0 saturated heterocycles. The average Bonchev–Trinajstić information content (AvgIpc) is 3.30. The van der Waals surface area contributed by atoms with Crippen molar-refractivity contribution in [1.82, 2.24) is 15.5 Å². The number of amides is 1. The molecular formula is C29H37F2N3O2S. The highest BCUT2D eigenvalue weighted by Crippen LogP contribution is 2.19. The zero-order valence-electron chi connectivity index (χ0n) is 21.8. The van der Waals surface area contributed by atoms with Crippen molar-refractivity contribution in [3.63, 3.8) is 0 Å². The Morgan fingerprint density at radius 1 is 1.08 bits per heavy atom. The van der Waals surface area contributed by atoms with Crippen molar-refractivity contribution < 1.29 is 18.7 Å². The van der Waals surface area contributed by atoms with E-state index in [1.54, 1.807) is 6.07 Å². The Kier molecular flexibility index (Phi) is 11.2. The summed E-state index contributed by atoms with van der Waals surface area (Å²) in [6, 6.07) is 14.3. The van der Waals surface area contributed by atoms with Crippen LogP contribution >= 0.6 is 11.3 Å². The van der Waals surface area contributed by atoms with Gasteiger partial charge in [-0.25, -0.2) is 8.78 Å². The van der Waals surface area contributed by atoms with Crippen molar-refractivity contribution in [1.29, 1.82) is 0 Å². The first-order chi connectivity index (χ1) is 17.7. The van der Waals surface area contributed by atoms with Crippen LogP contribution in [0.25, 0.3) is 0 Å². The summed E-state index contributed by atoms with van der Waals surface area (Å²) in [4.78, 5) is 16.9. The molecule has 0 unspecified atom stereocenters. The number of carbonyl (C=O) groups is 1. The maximum absolute atomic E-state index is 13.8. The third kappa shape index (κ3) is 9.63. The molecule has 0 spiro atoms. The van der Waals surface area contributed by atoms with Crippen molar-refractivity contribution in [3.05, 3.63) is 92.7 Å². The van der Waals surface area contributed by atoms with Crippen molar-refractivity contribution in [2.45, 2.75) is 58.3 Å². The Morgan fingerprint density at radius 3 is 2.54 bits per heavy atom. The molecule has 3 aromatic rings. The summed E-state index contributed by atoms with van der Waals surface area (Å²) in [5.74, 6) is -1.70. The van der Waals surface area contributed by atoms with Gasteiger partial charge in [0.1, 0.15) is 11.6 Å². The van der Waals surface area contributed by atoms with Crippen molar-refractivity contribution in [2.24, 2.45) is 0 Å². The summed E-state index contributed by atoms with van der Waals surface area (Å²) in [6.07, 6.45) is 1.36. The molecule has 37 heavy (non-hydrogen) atoms. The molecule has 0 bridgehead atoms. The Bertz CT molecular complexity index is 1130. The third-order valence-electron chi connectivity index (χ3n) is 6.13. The van der Waals surface area contributed by atoms with Crippen LogP contribution < -0.4 is 10.6 Å². The number of nitrogens with zero attached hydrogens (tertiary/aromatic N) is 1. The van der Waals surface area contributed by atoms with Crippen LogP contribution in [0.5, 0.6) is 0 Å². The van der Waals surface area contributed by atoms with Crippen molar-refractivity contribution >= 4 is 17.2 Å². The Labute approximate surface area is 222 Å². The number of rotatable bonds is 14. The fourth-order valence-corrected chi connectivity index (χ4v) is 5.18. The molecule has 8 heteroatoms. The lowest BCUT2D eigenvalue weighted by Gasteiger charge is -2.25. The molecule has 0 radical (unpaired) electrons. The van der Waals surface area contributed by atoms with E-state index in [4.69, 9.17) is 0 Å². The van der Waals surface area contributed by atoms with Crippen LogP contribution in [0.15, 0.2) is 54.6 Å². The van der Waals surface area contributed by atoms with Gasteiger partial charge in [-0.1, -0.05) is 43.2 Å². The molecule has 5 nitrogen and oxygen atoms in total. The highest BCUT2D eigenvalue weighted by Gasteiger charge is 2.24. The molecule has 1 heterocycles. The van der Waals surface area contributed by atoms with Gasteiger partial charge in [0.05, 0.1) is 17.0 Å². The minimum Gasteiger partial charge on any atom is -0.390 e. The van der Waals surface area contributed by atoms with E-state index in [-0.39, 0.29) is 18.9 Å². The molecule has 3 rings (SSSR count). The molecule has 0 saturated carbocycles. The normalized spacial score (nSPS) is 13.1. The van der Waals surface area contributed by atoms with E-state index in [2.05, 4.69) is 35.6 Å². The zero-order chi connectivity index (χ0) is 26.8. The molecule has 2 atom stereocenters. The first-order valence-corrected chi connectivity index (χ1v) is 13.5.